The summed E-state index contributed by atoms with van der Waals surface area (Å²) in [4.78, 5) is 52.1. The molecule has 0 saturated heterocycles. The molecule has 2 amide bonds. The molecule has 0 aromatic heterocycles. The summed E-state index contributed by atoms with van der Waals surface area (Å²) in [5.74, 6) is -1.20. The van der Waals surface area contributed by atoms with Gasteiger partial charge in [0.25, 0.3) is 5.91 Å². The predicted molar refractivity (Wildman–Crippen MR) is 150 cm³/mol. The van der Waals surface area contributed by atoms with Crippen molar-refractivity contribution in [2.45, 2.75) is 31.4 Å². The van der Waals surface area contributed by atoms with Crippen molar-refractivity contribution in [2.75, 3.05) is 19.4 Å². The number of nitrogens with two attached hydrogens (primary N) is 1. The van der Waals surface area contributed by atoms with Crippen LogP contribution in [0.5, 0.6) is 5.75 Å². The van der Waals surface area contributed by atoms with E-state index in [1.54, 1.807) is 44.4 Å². The largest absolute Gasteiger partial charge is 0.510 e. The Morgan fingerprint density at radius 2 is 1.71 bits per heavy atom. The summed E-state index contributed by atoms with van der Waals surface area (Å²) >= 11 is 0. The molecule has 0 fully saturated rings. The summed E-state index contributed by atoms with van der Waals surface area (Å²) in [5, 5.41) is 47.3. The first-order valence-corrected chi connectivity index (χ1v) is 13.2. The zero-order chi connectivity index (χ0) is 30.7. The average Bonchev–Trinajstić information content (AvgIpc) is 2.90. The second kappa shape index (κ2) is 10.2. The second-order valence-corrected chi connectivity index (χ2v) is 11.0. The summed E-state index contributed by atoms with van der Waals surface area (Å²) in [6.07, 6.45) is 0.118. The number of aliphatic hydroxyl groups excluding tert-OH is 2. The summed E-state index contributed by atoms with van der Waals surface area (Å²) in [6.45, 7) is 1.40. The molecule has 216 valence electrons. The lowest BCUT2D eigenvalue weighted by Crippen LogP contribution is -2.63. The molecule has 5 rings (SSSR count). The van der Waals surface area contributed by atoms with Gasteiger partial charge in [0.15, 0.2) is 11.4 Å². The van der Waals surface area contributed by atoms with Crippen molar-refractivity contribution in [3.63, 3.8) is 0 Å². The van der Waals surface area contributed by atoms with Crippen molar-refractivity contribution < 1.29 is 39.6 Å². The topological polar surface area (TPSA) is 190 Å². The van der Waals surface area contributed by atoms with Gasteiger partial charge in [0, 0.05) is 35.2 Å². The Labute approximate surface area is 240 Å². The molecule has 11 heteroatoms. The maximum absolute atomic E-state index is 13.8. The second-order valence-electron chi connectivity index (χ2n) is 11.0. The molecule has 3 aliphatic carbocycles. The van der Waals surface area contributed by atoms with Gasteiger partial charge >= 0.3 is 0 Å². The number of anilines is 1. The fraction of sp³-hybridized carbons (Fsp3) is 0.290. The number of nitrogens with zero attached hydrogens (tertiary/aromatic N) is 1. The van der Waals surface area contributed by atoms with E-state index in [4.69, 9.17) is 5.73 Å². The van der Waals surface area contributed by atoms with Gasteiger partial charge in [-0.2, -0.15) is 0 Å². The van der Waals surface area contributed by atoms with Gasteiger partial charge in [-0.1, -0.05) is 11.8 Å². The molecule has 0 heterocycles. The number of likely N-dealkylation sites (N-methyl/N-ethyl adjacent to an activating group) is 1. The van der Waals surface area contributed by atoms with Crippen LogP contribution in [0.2, 0.25) is 0 Å². The standard InChI is InChI=1S/C31H29N3O8/c1-14(35)33-18-9-5-15(6-10-18)4-7-16-8-11-21(36)23-19(16)12-17-13-20-25(34(2)3)27(38)24(30(32)41)29(40)31(20,42)28(39)22(17)26(23)37/h5-6,8-11,17,20,25,36,38-39,42H,12-13H2,1-3H3,(H2,32,41)(H,33,35). The number of aliphatic hydroxyl groups is 3. The molecule has 7 N–H and O–H groups in total. The number of allylic oxidation sites excluding steroid dienone is 1. The molecular formula is C31H29N3O8. The summed E-state index contributed by atoms with van der Waals surface area (Å²) in [6, 6.07) is 8.65. The lowest BCUT2D eigenvalue weighted by atomic mass is 9.58. The van der Waals surface area contributed by atoms with E-state index in [0.29, 0.717) is 22.4 Å². The predicted octanol–water partition coefficient (Wildman–Crippen LogP) is 1.48. The van der Waals surface area contributed by atoms with Gasteiger partial charge in [0.2, 0.25) is 11.7 Å². The highest BCUT2D eigenvalue weighted by Gasteiger charge is 2.63. The molecule has 0 radical (unpaired) electrons. The molecule has 0 bridgehead atoms. The van der Waals surface area contributed by atoms with Crippen molar-refractivity contribution in [3.8, 4) is 17.6 Å². The number of phenols is 1. The molecule has 2 aromatic rings. The van der Waals surface area contributed by atoms with Crippen molar-refractivity contribution in [1.29, 1.82) is 0 Å². The minimum absolute atomic E-state index is 0.0150. The van der Waals surface area contributed by atoms with E-state index in [9.17, 15) is 39.6 Å². The molecule has 2 aromatic carbocycles. The molecule has 0 saturated carbocycles. The highest BCUT2D eigenvalue weighted by molar-refractivity contribution is 6.24. The van der Waals surface area contributed by atoms with Gasteiger partial charge in [0.05, 0.1) is 11.6 Å². The Bertz CT molecular complexity index is 1690. The van der Waals surface area contributed by atoms with Crippen LogP contribution < -0.4 is 11.1 Å². The number of benzene rings is 2. The van der Waals surface area contributed by atoms with Gasteiger partial charge in [-0.15, -0.1) is 0 Å². The van der Waals surface area contributed by atoms with E-state index in [2.05, 4.69) is 17.2 Å². The van der Waals surface area contributed by atoms with E-state index in [0.717, 1.165) is 0 Å². The van der Waals surface area contributed by atoms with Gasteiger partial charge < -0.3 is 31.5 Å². The molecular weight excluding hydrogens is 542 g/mol. The number of rotatable bonds is 3. The minimum atomic E-state index is -2.69. The third kappa shape index (κ3) is 4.32. The van der Waals surface area contributed by atoms with Crippen molar-refractivity contribution in [3.05, 3.63) is 81.3 Å². The Hall–Kier alpha value is -4.92. The van der Waals surface area contributed by atoms with Gasteiger partial charge in [-0.25, -0.2) is 0 Å². The highest BCUT2D eigenvalue weighted by Crippen LogP contribution is 2.52. The van der Waals surface area contributed by atoms with Crippen molar-refractivity contribution in [1.82, 2.24) is 4.90 Å². The van der Waals surface area contributed by atoms with Crippen LogP contribution in [-0.2, 0) is 20.8 Å². The molecule has 0 spiro atoms. The van der Waals surface area contributed by atoms with Crippen LogP contribution in [-0.4, -0.2) is 74.4 Å². The number of ketones is 2. The molecule has 3 aliphatic rings. The minimum Gasteiger partial charge on any atom is -0.510 e. The van der Waals surface area contributed by atoms with Crippen LogP contribution in [0.15, 0.2) is 59.1 Å². The van der Waals surface area contributed by atoms with Crippen molar-refractivity contribution >= 4 is 29.1 Å². The number of aromatic hydroxyl groups is 1. The lowest BCUT2D eigenvalue weighted by molar-refractivity contribution is -0.148. The zero-order valence-electron chi connectivity index (χ0n) is 23.1. The molecule has 0 aliphatic heterocycles. The fourth-order valence-electron chi connectivity index (χ4n) is 6.35. The van der Waals surface area contributed by atoms with E-state index in [1.165, 1.54) is 17.9 Å². The fourth-order valence-corrected chi connectivity index (χ4v) is 6.35. The molecule has 4 atom stereocenters. The average molecular weight is 572 g/mol. The van der Waals surface area contributed by atoms with Gasteiger partial charge in [-0.05, 0) is 74.8 Å². The summed E-state index contributed by atoms with van der Waals surface area (Å²) < 4.78 is 0. The maximum Gasteiger partial charge on any atom is 0.255 e. The number of amides is 2. The summed E-state index contributed by atoms with van der Waals surface area (Å²) in [7, 11) is 3.14. The normalized spacial score (nSPS) is 24.8. The van der Waals surface area contributed by atoms with Crippen LogP contribution >= 0.6 is 0 Å². The first kappa shape index (κ1) is 28.6. The van der Waals surface area contributed by atoms with Crippen LogP contribution in [0.4, 0.5) is 5.69 Å². The number of nitrogens with one attached hydrogen (secondary N) is 1. The third-order valence-electron chi connectivity index (χ3n) is 8.15. The monoisotopic (exact) mass is 571 g/mol. The number of phenolic OH excluding ortho intramolecular Hbond substituents is 1. The third-order valence-corrected chi connectivity index (χ3v) is 8.15. The molecule has 42 heavy (non-hydrogen) atoms. The van der Waals surface area contributed by atoms with E-state index in [1.807, 2.05) is 0 Å². The Kier molecular flexibility index (Phi) is 6.92. The van der Waals surface area contributed by atoms with Crippen LogP contribution in [0.3, 0.4) is 0 Å². The number of hydrogen-bond acceptors (Lipinski definition) is 9. The number of carbonyl (C=O) groups excluding carboxylic acids is 4. The molecule has 11 nitrogen and oxygen atoms in total. The number of Topliss-reactive ketones (excluding diaryl/α,β-unsaturated/α-hetero) is 2. The lowest BCUT2D eigenvalue weighted by Gasteiger charge is -2.50. The van der Waals surface area contributed by atoms with Gasteiger partial charge in [-0.3, -0.25) is 24.1 Å². The highest BCUT2D eigenvalue weighted by atomic mass is 16.3. The Morgan fingerprint density at radius 1 is 1.05 bits per heavy atom. The van der Waals surface area contributed by atoms with Crippen LogP contribution in [0, 0.1) is 23.7 Å². The van der Waals surface area contributed by atoms with Crippen LogP contribution in [0.25, 0.3) is 0 Å². The number of hydrogen-bond donors (Lipinski definition) is 6. The van der Waals surface area contributed by atoms with Crippen molar-refractivity contribution in [2.24, 2.45) is 17.6 Å². The van der Waals surface area contributed by atoms with E-state index < -0.39 is 58.0 Å². The van der Waals surface area contributed by atoms with Gasteiger partial charge in [0.1, 0.15) is 22.8 Å². The number of fused-ring (bicyclic) bond motifs is 3. The Balaban J connectivity index is 1.60. The maximum atomic E-state index is 13.8. The first-order valence-electron chi connectivity index (χ1n) is 13.2. The quantitative estimate of drug-likeness (QED) is 0.234. The van der Waals surface area contributed by atoms with Crippen LogP contribution in [0.1, 0.15) is 40.4 Å². The first-order chi connectivity index (χ1) is 19.8. The SMILES string of the molecule is CC(=O)Nc1ccc(C#Cc2ccc(O)c3c2CC2CC4C(N(C)C)C(O)=C(C(N)=O)C(=O)C4(O)C(O)=C2C3=O)cc1. The molecule has 4 unspecified atom stereocenters. The number of primary amides is 1. The van der Waals surface area contributed by atoms with E-state index >= 15 is 0 Å². The Morgan fingerprint density at radius 3 is 2.31 bits per heavy atom. The zero-order valence-corrected chi connectivity index (χ0v) is 23.1. The van der Waals surface area contributed by atoms with E-state index in [-0.39, 0.29) is 35.6 Å². The summed E-state index contributed by atoms with van der Waals surface area (Å²) in [5.41, 5.74) is 3.62. The number of carbonyl (C=O) groups is 4. The smallest absolute Gasteiger partial charge is 0.255 e.